The van der Waals surface area contributed by atoms with E-state index in [1.54, 1.807) is 24.4 Å². The zero-order valence-electron chi connectivity index (χ0n) is 14.9. The van der Waals surface area contributed by atoms with Crippen LogP contribution in [-0.4, -0.2) is 19.9 Å². The number of nitrogens with one attached hydrogen (secondary N) is 1. The third-order valence-corrected chi connectivity index (χ3v) is 4.09. The number of fused-ring (bicyclic) bond motifs is 1. The molecule has 0 aliphatic heterocycles. The number of aromatic nitrogens is 3. The fraction of sp³-hybridized carbons (Fsp3) is 0.0500. The molecular weight excluding hydrogens is 358 g/mol. The van der Waals surface area contributed by atoms with Gasteiger partial charge in [0.05, 0.1) is 16.1 Å². The molecule has 0 amide bonds. The minimum absolute atomic E-state index is 0.0280. The van der Waals surface area contributed by atoms with Crippen LogP contribution in [0.2, 0.25) is 0 Å². The fourth-order valence-electron chi connectivity index (χ4n) is 2.74. The summed E-state index contributed by atoms with van der Waals surface area (Å²) in [4.78, 5) is 23.5. The van der Waals surface area contributed by atoms with Gasteiger partial charge >= 0.3 is 11.6 Å². The minimum atomic E-state index is -0.565. The summed E-state index contributed by atoms with van der Waals surface area (Å²) in [6, 6.07) is 16.4. The third kappa shape index (κ3) is 3.43. The van der Waals surface area contributed by atoms with Crippen molar-refractivity contribution in [1.29, 1.82) is 0 Å². The number of aryl methyl sites for hydroxylation is 1. The second-order valence-electron chi connectivity index (χ2n) is 6.05. The largest absolute Gasteiger partial charge is 0.434 e. The van der Waals surface area contributed by atoms with Crippen molar-refractivity contribution in [1.82, 2.24) is 15.0 Å². The second kappa shape index (κ2) is 7.28. The number of nitrogens with zero attached hydrogens (tertiary/aromatic N) is 4. The Morgan fingerprint density at radius 3 is 2.57 bits per heavy atom. The maximum atomic E-state index is 11.7. The first-order valence-electron chi connectivity index (χ1n) is 8.46. The maximum absolute atomic E-state index is 11.7. The summed E-state index contributed by atoms with van der Waals surface area (Å²) in [5.74, 6) is 0.338. The summed E-state index contributed by atoms with van der Waals surface area (Å²) in [5, 5.41) is 15.6. The Hall–Kier alpha value is -4.07. The predicted octanol–water partition coefficient (Wildman–Crippen LogP) is 4.78. The molecule has 4 aromatic rings. The molecule has 1 N–H and O–H groups in total. The van der Waals surface area contributed by atoms with Gasteiger partial charge in [0.2, 0.25) is 5.82 Å². The molecule has 138 valence electrons. The highest BCUT2D eigenvalue weighted by molar-refractivity contribution is 5.92. The van der Waals surface area contributed by atoms with Crippen molar-refractivity contribution < 1.29 is 9.66 Å². The second-order valence-corrected chi connectivity index (χ2v) is 6.05. The summed E-state index contributed by atoms with van der Waals surface area (Å²) >= 11 is 0. The summed E-state index contributed by atoms with van der Waals surface area (Å²) in [7, 11) is 0. The zero-order chi connectivity index (χ0) is 19.5. The SMILES string of the molecule is Cc1ccc(Oc2ncnc(Nc3cccc4cccnc34)c2[N+](=O)[O-])cc1. The number of benzene rings is 2. The van der Waals surface area contributed by atoms with E-state index in [4.69, 9.17) is 4.74 Å². The first-order chi connectivity index (χ1) is 13.6. The molecule has 2 aromatic carbocycles. The monoisotopic (exact) mass is 373 g/mol. The first-order valence-corrected chi connectivity index (χ1v) is 8.46. The van der Waals surface area contributed by atoms with Gasteiger partial charge in [-0.25, -0.2) is 4.98 Å². The highest BCUT2D eigenvalue weighted by Crippen LogP contribution is 2.36. The van der Waals surface area contributed by atoms with Crippen molar-refractivity contribution in [3.05, 3.63) is 82.8 Å². The Morgan fingerprint density at radius 1 is 1.00 bits per heavy atom. The summed E-state index contributed by atoms with van der Waals surface area (Å²) in [6.45, 7) is 1.94. The van der Waals surface area contributed by atoms with Crippen LogP contribution in [0.15, 0.2) is 67.1 Å². The highest BCUT2D eigenvalue weighted by Gasteiger charge is 2.25. The van der Waals surface area contributed by atoms with E-state index < -0.39 is 4.92 Å². The van der Waals surface area contributed by atoms with Crippen LogP contribution in [0, 0.1) is 17.0 Å². The number of rotatable bonds is 5. The molecular formula is C20H15N5O3. The molecule has 0 aliphatic carbocycles. The summed E-state index contributed by atoms with van der Waals surface area (Å²) < 4.78 is 5.64. The third-order valence-electron chi connectivity index (χ3n) is 4.09. The standard InChI is InChI=1S/C20H15N5O3/c1-13-7-9-15(10-8-13)28-20-18(25(26)27)19(22-12-23-20)24-16-6-2-4-14-5-3-11-21-17(14)16/h2-12H,1H3,(H,22,23,24). The minimum Gasteiger partial charge on any atom is -0.434 e. The van der Waals surface area contributed by atoms with Gasteiger partial charge in [0, 0.05) is 11.6 Å². The fourth-order valence-corrected chi connectivity index (χ4v) is 2.74. The van der Waals surface area contributed by atoms with E-state index in [-0.39, 0.29) is 17.4 Å². The average molecular weight is 373 g/mol. The van der Waals surface area contributed by atoms with Crippen molar-refractivity contribution in [2.45, 2.75) is 6.92 Å². The van der Waals surface area contributed by atoms with Gasteiger partial charge < -0.3 is 10.1 Å². The number of anilines is 2. The van der Waals surface area contributed by atoms with E-state index in [0.717, 1.165) is 10.9 Å². The highest BCUT2D eigenvalue weighted by atomic mass is 16.6. The number of ether oxygens (including phenoxy) is 1. The molecule has 0 unspecified atom stereocenters. The van der Waals surface area contributed by atoms with Gasteiger partial charge in [0.1, 0.15) is 12.1 Å². The quantitative estimate of drug-likeness (QED) is 0.397. The van der Waals surface area contributed by atoms with Gasteiger partial charge in [0.25, 0.3) is 0 Å². The van der Waals surface area contributed by atoms with Crippen LogP contribution in [0.25, 0.3) is 10.9 Å². The van der Waals surface area contributed by atoms with E-state index in [1.165, 1.54) is 6.33 Å². The van der Waals surface area contributed by atoms with Crippen molar-refractivity contribution >= 4 is 28.1 Å². The molecule has 0 radical (unpaired) electrons. The Kier molecular flexibility index (Phi) is 4.51. The predicted molar refractivity (Wildman–Crippen MR) is 105 cm³/mol. The Balaban J connectivity index is 1.74. The lowest BCUT2D eigenvalue weighted by molar-refractivity contribution is -0.385. The number of hydrogen-bond acceptors (Lipinski definition) is 7. The number of hydrogen-bond donors (Lipinski definition) is 1. The van der Waals surface area contributed by atoms with E-state index >= 15 is 0 Å². The van der Waals surface area contributed by atoms with Gasteiger partial charge in [-0.1, -0.05) is 35.9 Å². The zero-order valence-corrected chi connectivity index (χ0v) is 14.9. The molecule has 0 atom stereocenters. The molecule has 0 spiro atoms. The Morgan fingerprint density at radius 2 is 1.79 bits per heavy atom. The molecule has 8 nitrogen and oxygen atoms in total. The number of para-hydroxylation sites is 1. The molecule has 0 saturated heterocycles. The first kappa shape index (κ1) is 17.3. The van der Waals surface area contributed by atoms with Crippen LogP contribution in [-0.2, 0) is 0 Å². The topological polar surface area (TPSA) is 103 Å². The molecule has 0 bridgehead atoms. The summed E-state index contributed by atoms with van der Waals surface area (Å²) in [5.41, 5.74) is 1.98. The molecule has 2 aromatic heterocycles. The van der Waals surface area contributed by atoms with E-state index in [2.05, 4.69) is 20.3 Å². The van der Waals surface area contributed by atoms with Crippen LogP contribution < -0.4 is 10.1 Å². The lowest BCUT2D eigenvalue weighted by atomic mass is 10.2. The van der Waals surface area contributed by atoms with E-state index in [9.17, 15) is 10.1 Å². The maximum Gasteiger partial charge on any atom is 0.373 e. The lowest BCUT2D eigenvalue weighted by Crippen LogP contribution is -2.04. The normalized spacial score (nSPS) is 10.6. The molecule has 0 fully saturated rings. The molecule has 28 heavy (non-hydrogen) atoms. The molecule has 2 heterocycles. The van der Waals surface area contributed by atoms with Gasteiger partial charge in [-0.15, -0.1) is 0 Å². The van der Waals surface area contributed by atoms with Gasteiger partial charge in [-0.05, 0) is 31.2 Å². The average Bonchev–Trinajstić information content (AvgIpc) is 2.70. The van der Waals surface area contributed by atoms with Crippen LogP contribution >= 0.6 is 0 Å². The molecule has 0 saturated carbocycles. The van der Waals surface area contributed by atoms with Crippen LogP contribution in [0.3, 0.4) is 0 Å². The van der Waals surface area contributed by atoms with Crippen LogP contribution in [0.1, 0.15) is 5.56 Å². The van der Waals surface area contributed by atoms with Crippen molar-refractivity contribution in [2.75, 3.05) is 5.32 Å². The van der Waals surface area contributed by atoms with E-state index in [1.807, 2.05) is 43.3 Å². The molecule has 8 heteroatoms. The van der Waals surface area contributed by atoms with Crippen molar-refractivity contribution in [3.63, 3.8) is 0 Å². The van der Waals surface area contributed by atoms with Crippen LogP contribution in [0.5, 0.6) is 11.6 Å². The molecule has 4 rings (SSSR count). The van der Waals surface area contributed by atoms with Crippen LogP contribution in [0.4, 0.5) is 17.2 Å². The Bertz CT molecular complexity index is 1160. The summed E-state index contributed by atoms with van der Waals surface area (Å²) in [6.07, 6.45) is 2.88. The van der Waals surface area contributed by atoms with Crippen molar-refractivity contribution in [3.8, 4) is 11.6 Å². The van der Waals surface area contributed by atoms with E-state index in [0.29, 0.717) is 17.0 Å². The Labute approximate surface area is 160 Å². The number of nitro groups is 1. The smallest absolute Gasteiger partial charge is 0.373 e. The van der Waals surface area contributed by atoms with Crippen molar-refractivity contribution in [2.24, 2.45) is 0 Å². The van der Waals surface area contributed by atoms with Gasteiger partial charge in [0.15, 0.2) is 0 Å². The number of pyridine rings is 1. The molecule has 0 aliphatic rings. The van der Waals surface area contributed by atoms with Gasteiger partial charge in [-0.2, -0.15) is 4.98 Å². The lowest BCUT2D eigenvalue weighted by Gasteiger charge is -2.10. The van der Waals surface area contributed by atoms with Gasteiger partial charge in [-0.3, -0.25) is 15.1 Å².